The second kappa shape index (κ2) is 6.76. The molecular formula is C19H19N5O. The monoisotopic (exact) mass is 333 g/mol. The van der Waals surface area contributed by atoms with Gasteiger partial charge < -0.3 is 15.0 Å². The fourth-order valence-corrected chi connectivity index (χ4v) is 3.03. The zero-order chi connectivity index (χ0) is 17.1. The lowest BCUT2D eigenvalue weighted by Crippen LogP contribution is -2.16. The zero-order valence-corrected chi connectivity index (χ0v) is 14.0. The highest BCUT2D eigenvalue weighted by atomic mass is 16.5. The lowest BCUT2D eigenvalue weighted by molar-refractivity contribution is 0.342. The van der Waals surface area contributed by atoms with Gasteiger partial charge in [0, 0.05) is 12.2 Å². The average Bonchev–Trinajstić information content (AvgIpc) is 3.08. The molecule has 3 aromatic rings. The van der Waals surface area contributed by atoms with Gasteiger partial charge in [0.1, 0.15) is 5.75 Å². The first kappa shape index (κ1) is 15.4. The van der Waals surface area contributed by atoms with Crippen LogP contribution in [0.1, 0.15) is 12.5 Å². The molecule has 0 spiro atoms. The molecule has 2 heterocycles. The van der Waals surface area contributed by atoms with Crippen molar-refractivity contribution in [2.45, 2.75) is 13.3 Å². The molecule has 4 rings (SSSR count). The average molecular weight is 333 g/mol. The molecule has 0 saturated heterocycles. The van der Waals surface area contributed by atoms with E-state index < -0.39 is 0 Å². The number of hydrogen-bond donors (Lipinski definition) is 1. The molecule has 1 aromatic heterocycles. The van der Waals surface area contributed by atoms with E-state index in [1.165, 1.54) is 11.3 Å². The van der Waals surface area contributed by atoms with Gasteiger partial charge in [-0.15, -0.1) is 5.10 Å². The van der Waals surface area contributed by atoms with Crippen molar-refractivity contribution in [1.82, 2.24) is 15.2 Å². The lowest BCUT2D eigenvalue weighted by atomic mass is 10.2. The standard InChI is InChI=1S/C19H19N5O/c1-2-25-17-10-6-4-8-15(17)21-19-22-18(13-20-23-19)24-12-11-14-7-3-5-9-16(14)24/h3-10,13H,2,11-12H2,1H3,(H,21,22,23). The van der Waals surface area contributed by atoms with E-state index in [0.717, 1.165) is 30.2 Å². The van der Waals surface area contributed by atoms with E-state index in [1.54, 1.807) is 6.20 Å². The Labute approximate surface area is 146 Å². The highest BCUT2D eigenvalue weighted by Crippen LogP contribution is 2.33. The van der Waals surface area contributed by atoms with Crippen LogP contribution in [0, 0.1) is 0 Å². The molecule has 0 amide bonds. The highest BCUT2D eigenvalue weighted by molar-refractivity contribution is 5.68. The summed E-state index contributed by atoms with van der Waals surface area (Å²) in [4.78, 5) is 6.81. The summed E-state index contributed by atoms with van der Waals surface area (Å²) < 4.78 is 5.64. The van der Waals surface area contributed by atoms with Crippen LogP contribution in [0.3, 0.4) is 0 Å². The largest absolute Gasteiger partial charge is 0.492 e. The van der Waals surface area contributed by atoms with Crippen LogP contribution in [-0.2, 0) is 6.42 Å². The Morgan fingerprint density at radius 2 is 1.96 bits per heavy atom. The number of hydrogen-bond acceptors (Lipinski definition) is 6. The minimum absolute atomic E-state index is 0.453. The number of aromatic nitrogens is 3. The molecule has 0 fully saturated rings. The first-order valence-electron chi connectivity index (χ1n) is 8.39. The Hall–Kier alpha value is -3.15. The third kappa shape index (κ3) is 3.10. The topological polar surface area (TPSA) is 63.2 Å². The summed E-state index contributed by atoms with van der Waals surface area (Å²) in [7, 11) is 0. The third-order valence-corrected chi connectivity index (χ3v) is 4.14. The predicted molar refractivity (Wildman–Crippen MR) is 97.9 cm³/mol. The minimum Gasteiger partial charge on any atom is -0.492 e. The molecule has 2 aromatic carbocycles. The molecule has 1 aliphatic heterocycles. The van der Waals surface area contributed by atoms with Gasteiger partial charge in [0.2, 0.25) is 5.95 Å². The van der Waals surface area contributed by atoms with Gasteiger partial charge in [0.05, 0.1) is 18.5 Å². The van der Waals surface area contributed by atoms with Crippen LogP contribution in [-0.4, -0.2) is 28.3 Å². The number of nitrogens with one attached hydrogen (secondary N) is 1. The van der Waals surface area contributed by atoms with Gasteiger partial charge in [-0.25, -0.2) is 0 Å². The summed E-state index contributed by atoms with van der Waals surface area (Å²) in [6.45, 7) is 3.45. The molecule has 1 N–H and O–H groups in total. The van der Waals surface area contributed by atoms with Gasteiger partial charge in [-0.3, -0.25) is 0 Å². The van der Waals surface area contributed by atoms with Crippen LogP contribution in [0.5, 0.6) is 5.75 Å². The molecule has 0 atom stereocenters. The van der Waals surface area contributed by atoms with Crippen molar-refractivity contribution >= 4 is 23.1 Å². The molecular weight excluding hydrogens is 314 g/mol. The maximum atomic E-state index is 5.64. The van der Waals surface area contributed by atoms with Gasteiger partial charge in [-0.1, -0.05) is 30.3 Å². The van der Waals surface area contributed by atoms with Crippen LogP contribution >= 0.6 is 0 Å². The van der Waals surface area contributed by atoms with Gasteiger partial charge in [0.15, 0.2) is 5.82 Å². The van der Waals surface area contributed by atoms with Crippen molar-refractivity contribution in [3.8, 4) is 5.75 Å². The van der Waals surface area contributed by atoms with Crippen LogP contribution in [0.25, 0.3) is 0 Å². The molecule has 0 aliphatic carbocycles. The van der Waals surface area contributed by atoms with E-state index in [1.807, 2.05) is 37.3 Å². The molecule has 0 bridgehead atoms. The van der Waals surface area contributed by atoms with Crippen LogP contribution in [0.15, 0.2) is 54.7 Å². The second-order valence-corrected chi connectivity index (χ2v) is 5.72. The summed E-state index contributed by atoms with van der Waals surface area (Å²) in [5, 5.41) is 11.4. The van der Waals surface area contributed by atoms with E-state index >= 15 is 0 Å². The minimum atomic E-state index is 0.453. The van der Waals surface area contributed by atoms with Crippen LogP contribution in [0.2, 0.25) is 0 Å². The molecule has 0 radical (unpaired) electrons. The first-order valence-corrected chi connectivity index (χ1v) is 8.39. The molecule has 126 valence electrons. The maximum Gasteiger partial charge on any atom is 0.249 e. The predicted octanol–water partition coefficient (Wildman–Crippen LogP) is 3.71. The Morgan fingerprint density at radius 3 is 2.88 bits per heavy atom. The quantitative estimate of drug-likeness (QED) is 0.768. The van der Waals surface area contributed by atoms with Crippen molar-refractivity contribution in [1.29, 1.82) is 0 Å². The summed E-state index contributed by atoms with van der Waals surface area (Å²) in [6.07, 6.45) is 2.71. The third-order valence-electron chi connectivity index (χ3n) is 4.14. The molecule has 6 nitrogen and oxygen atoms in total. The normalized spacial score (nSPS) is 12.8. The van der Waals surface area contributed by atoms with Crippen molar-refractivity contribution in [3.05, 3.63) is 60.3 Å². The van der Waals surface area contributed by atoms with Gasteiger partial charge in [-0.2, -0.15) is 10.1 Å². The summed E-state index contributed by atoms with van der Waals surface area (Å²) in [6, 6.07) is 16.1. The maximum absolute atomic E-state index is 5.64. The lowest BCUT2D eigenvalue weighted by Gasteiger charge is -2.18. The Kier molecular flexibility index (Phi) is 4.16. The molecule has 25 heavy (non-hydrogen) atoms. The Bertz CT molecular complexity index is 883. The number of fused-ring (bicyclic) bond motifs is 1. The van der Waals surface area contributed by atoms with Crippen LogP contribution in [0.4, 0.5) is 23.1 Å². The van der Waals surface area contributed by atoms with Crippen LogP contribution < -0.4 is 15.0 Å². The summed E-state index contributed by atoms with van der Waals surface area (Å²) in [5.41, 5.74) is 3.34. The zero-order valence-electron chi connectivity index (χ0n) is 14.0. The van der Waals surface area contributed by atoms with E-state index in [9.17, 15) is 0 Å². The van der Waals surface area contributed by atoms with Crippen molar-refractivity contribution < 1.29 is 4.74 Å². The number of anilines is 4. The number of benzene rings is 2. The fraction of sp³-hybridized carbons (Fsp3) is 0.211. The molecule has 0 saturated carbocycles. The molecule has 0 unspecified atom stereocenters. The fourth-order valence-electron chi connectivity index (χ4n) is 3.03. The van der Waals surface area contributed by atoms with Gasteiger partial charge in [-0.05, 0) is 37.1 Å². The number of rotatable bonds is 5. The number of ether oxygens (including phenoxy) is 1. The molecule has 1 aliphatic rings. The summed E-state index contributed by atoms with van der Waals surface area (Å²) in [5.74, 6) is 2.01. The second-order valence-electron chi connectivity index (χ2n) is 5.72. The first-order chi connectivity index (χ1) is 12.3. The van der Waals surface area contributed by atoms with Crippen molar-refractivity contribution in [2.75, 3.05) is 23.4 Å². The smallest absolute Gasteiger partial charge is 0.249 e. The van der Waals surface area contributed by atoms with Gasteiger partial charge in [0.25, 0.3) is 0 Å². The van der Waals surface area contributed by atoms with E-state index in [0.29, 0.717) is 12.6 Å². The van der Waals surface area contributed by atoms with E-state index in [-0.39, 0.29) is 0 Å². The van der Waals surface area contributed by atoms with Crippen molar-refractivity contribution in [3.63, 3.8) is 0 Å². The van der Waals surface area contributed by atoms with E-state index in [4.69, 9.17) is 4.74 Å². The highest BCUT2D eigenvalue weighted by Gasteiger charge is 2.21. The molecule has 6 heteroatoms. The van der Waals surface area contributed by atoms with E-state index in [2.05, 4.69) is 43.6 Å². The van der Waals surface area contributed by atoms with Gasteiger partial charge >= 0.3 is 0 Å². The number of para-hydroxylation sites is 3. The Morgan fingerprint density at radius 1 is 1.12 bits per heavy atom. The Balaban J connectivity index is 1.61. The number of nitrogens with zero attached hydrogens (tertiary/aromatic N) is 4. The van der Waals surface area contributed by atoms with Crippen molar-refractivity contribution in [2.24, 2.45) is 0 Å². The summed E-state index contributed by atoms with van der Waals surface area (Å²) >= 11 is 0. The SMILES string of the molecule is CCOc1ccccc1Nc1nncc(N2CCc3ccccc32)n1.